The molecule has 0 aliphatic heterocycles. The number of aryl methyl sites for hydroxylation is 1. The van der Waals surface area contributed by atoms with E-state index in [-0.39, 0.29) is 11.7 Å². The topological polar surface area (TPSA) is 87.7 Å². The fourth-order valence-corrected chi connectivity index (χ4v) is 2.33. The van der Waals surface area contributed by atoms with Gasteiger partial charge in [0.1, 0.15) is 0 Å². The van der Waals surface area contributed by atoms with Crippen LogP contribution in [0.3, 0.4) is 0 Å². The second-order valence-corrected chi connectivity index (χ2v) is 5.33. The van der Waals surface area contributed by atoms with Crippen molar-refractivity contribution in [3.05, 3.63) is 69.9 Å². The van der Waals surface area contributed by atoms with E-state index >= 15 is 0 Å². The number of benzene rings is 1. The quantitative estimate of drug-likeness (QED) is 0.776. The highest BCUT2D eigenvalue weighted by Gasteiger charge is 2.17. The first kappa shape index (κ1) is 14.9. The lowest BCUT2D eigenvalue weighted by Crippen LogP contribution is -2.33. The van der Waals surface area contributed by atoms with Gasteiger partial charge in [-0.3, -0.25) is 14.6 Å². The third-order valence-corrected chi connectivity index (χ3v) is 3.52. The minimum Gasteiger partial charge on any atom is -0.342 e. The van der Waals surface area contributed by atoms with Crippen LogP contribution in [0.25, 0.3) is 11.0 Å². The number of nitrogens with zero attached hydrogens (tertiary/aromatic N) is 2. The smallest absolute Gasteiger partial charge is 0.280 e. The maximum atomic E-state index is 12.4. The second kappa shape index (κ2) is 6.00. The van der Waals surface area contributed by atoms with Crippen LogP contribution in [0.4, 0.5) is 0 Å². The molecule has 0 saturated heterocycles. The van der Waals surface area contributed by atoms with Crippen molar-refractivity contribution >= 4 is 16.9 Å². The number of nitrogens with one attached hydrogen (secondary N) is 2. The molecule has 0 bridgehead atoms. The summed E-state index contributed by atoms with van der Waals surface area (Å²) in [6.07, 6.45) is 0. The molecule has 23 heavy (non-hydrogen) atoms. The lowest BCUT2D eigenvalue weighted by molar-refractivity contribution is 0.0932. The third kappa shape index (κ3) is 3.11. The van der Waals surface area contributed by atoms with Gasteiger partial charge in [0.05, 0.1) is 22.8 Å². The molecule has 116 valence electrons. The second-order valence-electron chi connectivity index (χ2n) is 5.33. The maximum absolute atomic E-state index is 12.4. The van der Waals surface area contributed by atoms with Crippen LogP contribution in [-0.4, -0.2) is 20.9 Å². The highest BCUT2D eigenvalue weighted by molar-refractivity contribution is 5.93. The van der Waals surface area contributed by atoms with Crippen LogP contribution in [0.5, 0.6) is 0 Å². The summed E-state index contributed by atoms with van der Waals surface area (Å²) in [4.78, 5) is 35.6. The van der Waals surface area contributed by atoms with Gasteiger partial charge in [0, 0.05) is 5.69 Å². The van der Waals surface area contributed by atoms with Crippen LogP contribution in [0.15, 0.2) is 47.3 Å². The van der Waals surface area contributed by atoms with Crippen molar-refractivity contribution in [1.82, 2.24) is 20.3 Å². The van der Waals surface area contributed by atoms with Gasteiger partial charge in [0.2, 0.25) is 0 Å². The molecule has 0 aliphatic rings. The van der Waals surface area contributed by atoms with E-state index in [9.17, 15) is 9.59 Å². The number of carbonyl (C=O) groups is 1. The number of H-pyrrole nitrogens is 1. The zero-order valence-electron chi connectivity index (χ0n) is 12.8. The van der Waals surface area contributed by atoms with Crippen LogP contribution >= 0.6 is 0 Å². The molecule has 1 unspecified atom stereocenters. The molecule has 1 atom stereocenters. The average Bonchev–Trinajstić information content (AvgIpc) is 2.54. The van der Waals surface area contributed by atoms with E-state index in [0.29, 0.717) is 11.0 Å². The summed E-state index contributed by atoms with van der Waals surface area (Å²) in [5.41, 5.74) is 2.11. The van der Waals surface area contributed by atoms with Crippen molar-refractivity contribution < 1.29 is 4.79 Å². The molecule has 0 aliphatic carbocycles. The fourth-order valence-electron chi connectivity index (χ4n) is 2.33. The Morgan fingerprint density at radius 1 is 1.13 bits per heavy atom. The number of carbonyl (C=O) groups excluding carboxylic acids is 1. The summed E-state index contributed by atoms with van der Waals surface area (Å²) >= 11 is 0. The molecular formula is C17H16N4O2. The van der Waals surface area contributed by atoms with Crippen molar-refractivity contribution in [2.24, 2.45) is 0 Å². The van der Waals surface area contributed by atoms with Crippen molar-refractivity contribution in [1.29, 1.82) is 0 Å². The number of aromatic amines is 1. The lowest BCUT2D eigenvalue weighted by atomic mass is 10.2. The molecule has 2 N–H and O–H groups in total. The van der Waals surface area contributed by atoms with E-state index in [1.807, 2.05) is 32.0 Å². The van der Waals surface area contributed by atoms with Gasteiger partial charge in [-0.25, -0.2) is 4.98 Å². The molecule has 3 rings (SSSR count). The highest BCUT2D eigenvalue weighted by Crippen LogP contribution is 2.11. The normalized spacial score (nSPS) is 12.1. The predicted octanol–water partition coefficient (Wildman–Crippen LogP) is 2.12. The molecule has 6 heteroatoms. The summed E-state index contributed by atoms with van der Waals surface area (Å²) < 4.78 is 0. The van der Waals surface area contributed by atoms with Crippen LogP contribution in [-0.2, 0) is 0 Å². The molecular weight excluding hydrogens is 292 g/mol. The standard InChI is InChI=1S/C17H16N4O2/c1-10-6-5-9-12(18-10)11(2)19-16(22)15-17(23)21-14-8-4-3-7-13(14)20-15/h3-9,11H,1-2H3,(H,19,22)(H,21,23). The van der Waals surface area contributed by atoms with Gasteiger partial charge >= 0.3 is 0 Å². The number of hydrogen-bond donors (Lipinski definition) is 2. The van der Waals surface area contributed by atoms with Gasteiger partial charge in [-0.1, -0.05) is 18.2 Å². The molecule has 0 saturated carbocycles. The number of hydrogen-bond acceptors (Lipinski definition) is 4. The lowest BCUT2D eigenvalue weighted by Gasteiger charge is -2.13. The Kier molecular flexibility index (Phi) is 3.89. The van der Waals surface area contributed by atoms with E-state index in [4.69, 9.17) is 0 Å². The SMILES string of the molecule is Cc1cccc(C(C)NC(=O)c2nc3ccccc3[nH]c2=O)n1. The Balaban J connectivity index is 1.88. The van der Waals surface area contributed by atoms with Crippen LogP contribution < -0.4 is 10.9 Å². The summed E-state index contributed by atoms with van der Waals surface area (Å²) in [6.45, 7) is 3.70. The molecule has 1 amide bonds. The Bertz CT molecular complexity index is 933. The Labute approximate surface area is 132 Å². The van der Waals surface area contributed by atoms with E-state index in [1.165, 1.54) is 0 Å². The summed E-state index contributed by atoms with van der Waals surface area (Å²) in [6, 6.07) is 12.3. The summed E-state index contributed by atoms with van der Waals surface area (Å²) in [7, 11) is 0. The van der Waals surface area contributed by atoms with Gasteiger partial charge in [-0.15, -0.1) is 0 Å². The number of fused-ring (bicyclic) bond motifs is 1. The van der Waals surface area contributed by atoms with Crippen LogP contribution in [0.2, 0.25) is 0 Å². The number of para-hydroxylation sites is 2. The van der Waals surface area contributed by atoms with E-state index in [1.54, 1.807) is 24.3 Å². The van der Waals surface area contributed by atoms with Crippen molar-refractivity contribution in [3.63, 3.8) is 0 Å². The molecule has 0 spiro atoms. The molecule has 0 radical (unpaired) electrons. The first-order chi connectivity index (χ1) is 11.0. The summed E-state index contributed by atoms with van der Waals surface area (Å²) in [5, 5.41) is 2.76. The third-order valence-electron chi connectivity index (χ3n) is 3.52. The van der Waals surface area contributed by atoms with E-state index < -0.39 is 11.5 Å². The number of rotatable bonds is 3. The average molecular weight is 308 g/mol. The van der Waals surface area contributed by atoms with Gasteiger partial charge in [-0.05, 0) is 38.1 Å². The highest BCUT2D eigenvalue weighted by atomic mass is 16.2. The Morgan fingerprint density at radius 2 is 1.91 bits per heavy atom. The van der Waals surface area contributed by atoms with Crippen LogP contribution in [0.1, 0.15) is 34.8 Å². The fraction of sp³-hybridized carbons (Fsp3) is 0.176. The van der Waals surface area contributed by atoms with Crippen molar-refractivity contribution in [2.45, 2.75) is 19.9 Å². The zero-order valence-corrected chi connectivity index (χ0v) is 12.8. The van der Waals surface area contributed by atoms with Gasteiger partial charge in [0.15, 0.2) is 5.69 Å². The number of pyridine rings is 1. The first-order valence-corrected chi connectivity index (χ1v) is 7.28. The van der Waals surface area contributed by atoms with Crippen LogP contribution in [0, 0.1) is 6.92 Å². The van der Waals surface area contributed by atoms with Crippen molar-refractivity contribution in [3.8, 4) is 0 Å². The van der Waals surface area contributed by atoms with E-state index in [0.717, 1.165) is 11.4 Å². The number of aromatic nitrogens is 3. The van der Waals surface area contributed by atoms with E-state index in [2.05, 4.69) is 20.3 Å². The summed E-state index contributed by atoms with van der Waals surface area (Å²) in [5.74, 6) is -0.521. The van der Waals surface area contributed by atoms with Gasteiger partial charge < -0.3 is 10.3 Å². The molecule has 3 aromatic rings. The first-order valence-electron chi connectivity index (χ1n) is 7.28. The molecule has 1 aromatic carbocycles. The monoisotopic (exact) mass is 308 g/mol. The van der Waals surface area contributed by atoms with Gasteiger partial charge in [0.25, 0.3) is 11.5 Å². The minimum atomic E-state index is -0.521. The molecule has 6 nitrogen and oxygen atoms in total. The molecule has 2 heterocycles. The Morgan fingerprint density at radius 3 is 2.70 bits per heavy atom. The maximum Gasteiger partial charge on any atom is 0.280 e. The predicted molar refractivity (Wildman–Crippen MR) is 87.2 cm³/mol. The zero-order chi connectivity index (χ0) is 16.4. The number of amides is 1. The molecule has 0 fully saturated rings. The largest absolute Gasteiger partial charge is 0.342 e. The molecule has 2 aromatic heterocycles. The van der Waals surface area contributed by atoms with Gasteiger partial charge in [-0.2, -0.15) is 0 Å². The minimum absolute atomic E-state index is 0.150. The van der Waals surface area contributed by atoms with Crippen molar-refractivity contribution in [2.75, 3.05) is 0 Å². The Hall–Kier alpha value is -3.02.